The average molecular weight is 477 g/mol. The van der Waals surface area contributed by atoms with Gasteiger partial charge in [0.25, 0.3) is 5.91 Å². The summed E-state index contributed by atoms with van der Waals surface area (Å²) in [5, 5.41) is 10.1. The zero-order valence-corrected chi connectivity index (χ0v) is 20.4. The van der Waals surface area contributed by atoms with Crippen LogP contribution in [0.15, 0.2) is 47.6 Å². The molecule has 2 heterocycles. The fourth-order valence-corrected chi connectivity index (χ4v) is 4.26. The fraction of sp³-hybridized carbons (Fsp3) is 0.423. The molecule has 0 radical (unpaired) electrons. The van der Waals surface area contributed by atoms with Crippen LogP contribution in [0, 0.1) is 12.8 Å². The Morgan fingerprint density at radius 1 is 1.26 bits per heavy atom. The Balaban J connectivity index is 1.27. The molecule has 4 rings (SSSR count). The van der Waals surface area contributed by atoms with Crippen LogP contribution in [-0.4, -0.2) is 52.0 Å². The number of hydrogen-bond donors (Lipinski definition) is 2. The molecule has 1 atom stereocenters. The van der Waals surface area contributed by atoms with Gasteiger partial charge >= 0.3 is 0 Å². The quantitative estimate of drug-likeness (QED) is 0.442. The number of hydrogen-bond acceptors (Lipinski definition) is 7. The molecule has 1 unspecified atom stereocenters. The summed E-state index contributed by atoms with van der Waals surface area (Å²) in [6.45, 7) is 4.47. The van der Waals surface area contributed by atoms with Crippen LogP contribution in [0.4, 0.5) is 0 Å². The standard InChI is InChI=1S/C26H32N6O3/c1-17(24-30-18(2)31-32-24)34-21-11-9-19(10-12-21)16-29-25(33)23-8-5-13-28-26(23)35-22-7-4-6-20(14-22)15-27-3/h4-8,13-15,17,19,21H,9-12,16H2,1-3H3,(H,29,33)(H,30,31,32). The van der Waals surface area contributed by atoms with Crippen molar-refractivity contribution >= 4 is 12.1 Å². The maximum atomic E-state index is 12.9. The lowest BCUT2D eigenvalue weighted by atomic mass is 9.87. The summed E-state index contributed by atoms with van der Waals surface area (Å²) in [6, 6.07) is 11.0. The number of nitrogens with zero attached hydrogens (tertiary/aromatic N) is 4. The number of aryl methyl sites for hydroxylation is 1. The molecular formula is C26H32N6O3. The Bertz CT molecular complexity index is 1150. The topological polar surface area (TPSA) is 114 Å². The van der Waals surface area contributed by atoms with E-state index in [4.69, 9.17) is 9.47 Å². The second-order valence-corrected chi connectivity index (χ2v) is 8.83. The number of pyridine rings is 1. The molecule has 0 spiro atoms. The first-order chi connectivity index (χ1) is 17.0. The van der Waals surface area contributed by atoms with Gasteiger partial charge in [0.15, 0.2) is 5.82 Å². The normalized spacial score (nSPS) is 18.9. The van der Waals surface area contributed by atoms with Crippen molar-refractivity contribution in [2.75, 3.05) is 13.6 Å². The fourth-order valence-electron chi connectivity index (χ4n) is 4.26. The van der Waals surface area contributed by atoms with Crippen LogP contribution in [0.2, 0.25) is 0 Å². The maximum Gasteiger partial charge on any atom is 0.256 e. The molecule has 9 heteroatoms. The minimum Gasteiger partial charge on any atom is -0.438 e. The lowest BCUT2D eigenvalue weighted by Gasteiger charge is -2.30. The van der Waals surface area contributed by atoms with Gasteiger partial charge in [-0.25, -0.2) is 9.97 Å². The molecule has 9 nitrogen and oxygen atoms in total. The van der Waals surface area contributed by atoms with Crippen LogP contribution in [0.1, 0.15) is 66.3 Å². The van der Waals surface area contributed by atoms with Gasteiger partial charge < -0.3 is 14.8 Å². The number of amides is 1. The van der Waals surface area contributed by atoms with E-state index in [1.165, 1.54) is 0 Å². The van der Waals surface area contributed by atoms with Crippen molar-refractivity contribution in [3.05, 3.63) is 65.4 Å². The highest BCUT2D eigenvalue weighted by molar-refractivity contribution is 5.96. The number of aliphatic imine (C=N–C) groups is 1. The van der Waals surface area contributed by atoms with Crippen molar-refractivity contribution < 1.29 is 14.3 Å². The number of nitrogens with one attached hydrogen (secondary N) is 2. The molecular weight excluding hydrogens is 444 g/mol. The van der Waals surface area contributed by atoms with Gasteiger partial charge in [0.1, 0.15) is 23.2 Å². The molecule has 3 aromatic rings. The summed E-state index contributed by atoms with van der Waals surface area (Å²) in [5.74, 6) is 2.58. The number of aromatic nitrogens is 4. The van der Waals surface area contributed by atoms with E-state index in [9.17, 15) is 4.79 Å². The molecule has 184 valence electrons. The molecule has 0 saturated heterocycles. The van der Waals surface area contributed by atoms with Gasteiger partial charge in [-0.1, -0.05) is 12.1 Å². The smallest absolute Gasteiger partial charge is 0.256 e. The molecule has 1 aliphatic carbocycles. The molecule has 1 aromatic carbocycles. The van der Waals surface area contributed by atoms with Crippen LogP contribution >= 0.6 is 0 Å². The first-order valence-corrected chi connectivity index (χ1v) is 12.0. The van der Waals surface area contributed by atoms with Crippen LogP contribution < -0.4 is 10.1 Å². The van der Waals surface area contributed by atoms with Gasteiger partial charge in [0.05, 0.1) is 6.10 Å². The van der Waals surface area contributed by atoms with E-state index in [2.05, 4.69) is 30.5 Å². The molecule has 1 amide bonds. The first-order valence-electron chi connectivity index (χ1n) is 12.0. The Morgan fingerprint density at radius 2 is 2.09 bits per heavy atom. The predicted octanol–water partition coefficient (Wildman–Crippen LogP) is 4.42. The molecule has 1 saturated carbocycles. The van der Waals surface area contributed by atoms with E-state index in [0.29, 0.717) is 29.6 Å². The predicted molar refractivity (Wildman–Crippen MR) is 133 cm³/mol. The summed E-state index contributed by atoms with van der Waals surface area (Å²) < 4.78 is 12.1. The molecule has 2 N–H and O–H groups in total. The summed E-state index contributed by atoms with van der Waals surface area (Å²) in [6.07, 6.45) is 7.29. The van der Waals surface area contributed by atoms with Gasteiger partial charge in [-0.2, -0.15) is 5.10 Å². The third-order valence-electron chi connectivity index (χ3n) is 6.09. The average Bonchev–Trinajstić information content (AvgIpc) is 3.31. The molecule has 0 aliphatic heterocycles. The molecule has 1 aliphatic rings. The first kappa shape index (κ1) is 24.5. The lowest BCUT2D eigenvalue weighted by molar-refractivity contribution is -0.0329. The van der Waals surface area contributed by atoms with Gasteiger partial charge in [-0.15, -0.1) is 0 Å². The van der Waals surface area contributed by atoms with Crippen LogP contribution in [-0.2, 0) is 4.74 Å². The Labute approximate surface area is 205 Å². The highest BCUT2D eigenvalue weighted by Gasteiger charge is 2.25. The van der Waals surface area contributed by atoms with Crippen LogP contribution in [0.5, 0.6) is 11.6 Å². The number of ether oxygens (including phenoxy) is 2. The third kappa shape index (κ3) is 6.73. The summed E-state index contributed by atoms with van der Waals surface area (Å²) in [5.41, 5.74) is 1.33. The zero-order chi connectivity index (χ0) is 24.6. The highest BCUT2D eigenvalue weighted by Crippen LogP contribution is 2.29. The minimum absolute atomic E-state index is 0.139. The molecule has 0 bridgehead atoms. The number of rotatable bonds is 9. The Hall–Kier alpha value is -3.59. The van der Waals surface area contributed by atoms with Crippen molar-refractivity contribution in [1.82, 2.24) is 25.5 Å². The van der Waals surface area contributed by atoms with Crippen molar-refractivity contribution in [3.63, 3.8) is 0 Å². The van der Waals surface area contributed by atoms with Crippen LogP contribution in [0.25, 0.3) is 0 Å². The third-order valence-corrected chi connectivity index (χ3v) is 6.09. The van der Waals surface area contributed by atoms with Gasteiger partial charge in [-0.3, -0.25) is 14.9 Å². The van der Waals surface area contributed by atoms with E-state index in [-0.39, 0.29) is 24.0 Å². The summed E-state index contributed by atoms with van der Waals surface area (Å²) in [7, 11) is 1.72. The van der Waals surface area contributed by atoms with E-state index >= 15 is 0 Å². The van der Waals surface area contributed by atoms with E-state index in [1.807, 2.05) is 38.1 Å². The second kappa shape index (κ2) is 11.7. The number of benzene rings is 1. The van der Waals surface area contributed by atoms with Crippen molar-refractivity contribution in [2.45, 2.75) is 51.7 Å². The van der Waals surface area contributed by atoms with Gasteiger partial charge in [0, 0.05) is 26.0 Å². The largest absolute Gasteiger partial charge is 0.438 e. The van der Waals surface area contributed by atoms with Gasteiger partial charge in [-0.05, 0) is 75.3 Å². The number of aromatic amines is 1. The Kier molecular flexibility index (Phi) is 8.20. The molecule has 2 aromatic heterocycles. The highest BCUT2D eigenvalue weighted by atomic mass is 16.5. The zero-order valence-electron chi connectivity index (χ0n) is 20.4. The van der Waals surface area contributed by atoms with Gasteiger partial charge in [0.2, 0.25) is 5.88 Å². The number of H-pyrrole nitrogens is 1. The second-order valence-electron chi connectivity index (χ2n) is 8.83. The number of carbonyl (C=O) groups is 1. The maximum absolute atomic E-state index is 12.9. The monoisotopic (exact) mass is 476 g/mol. The molecule has 35 heavy (non-hydrogen) atoms. The summed E-state index contributed by atoms with van der Waals surface area (Å²) >= 11 is 0. The van der Waals surface area contributed by atoms with Crippen molar-refractivity contribution in [1.29, 1.82) is 0 Å². The van der Waals surface area contributed by atoms with E-state index in [0.717, 1.165) is 37.1 Å². The van der Waals surface area contributed by atoms with Crippen LogP contribution in [0.3, 0.4) is 0 Å². The Morgan fingerprint density at radius 3 is 2.83 bits per heavy atom. The molecule has 1 fully saturated rings. The lowest BCUT2D eigenvalue weighted by Crippen LogP contribution is -2.33. The van der Waals surface area contributed by atoms with E-state index in [1.54, 1.807) is 31.6 Å². The SMILES string of the molecule is CN=Cc1cccc(Oc2ncccc2C(=O)NCC2CCC(OC(C)c3n[nH]c(C)n3)CC2)c1. The van der Waals surface area contributed by atoms with Crippen molar-refractivity contribution in [2.24, 2.45) is 10.9 Å². The number of carbonyl (C=O) groups excluding carboxylic acids is 1. The van der Waals surface area contributed by atoms with Crippen molar-refractivity contribution in [3.8, 4) is 11.6 Å². The summed E-state index contributed by atoms with van der Waals surface area (Å²) in [4.78, 5) is 25.6. The minimum atomic E-state index is -0.189. The van der Waals surface area contributed by atoms with E-state index < -0.39 is 0 Å².